The summed E-state index contributed by atoms with van der Waals surface area (Å²) in [7, 11) is 3.33. The highest BCUT2D eigenvalue weighted by Crippen LogP contribution is 2.37. The number of hydrogen-bond donors (Lipinski definition) is 1. The molecule has 1 aromatic rings. The number of benzene rings is 1. The molecule has 0 amide bonds. The van der Waals surface area contributed by atoms with Crippen LogP contribution in [0.3, 0.4) is 0 Å². The third-order valence-corrected chi connectivity index (χ3v) is 4.16. The lowest BCUT2D eigenvalue weighted by atomic mass is 10.00. The van der Waals surface area contributed by atoms with E-state index < -0.39 is 0 Å². The molecule has 1 aliphatic rings. The van der Waals surface area contributed by atoms with Gasteiger partial charge in [-0.3, -0.25) is 4.90 Å². The Morgan fingerprint density at radius 3 is 2.81 bits per heavy atom. The maximum Gasteiger partial charge on any atom is 0.165 e. The Balaban J connectivity index is 2.36. The Morgan fingerprint density at radius 1 is 1.38 bits per heavy atom. The van der Waals surface area contributed by atoms with E-state index in [1.165, 1.54) is 0 Å². The van der Waals surface area contributed by atoms with E-state index in [1.807, 2.05) is 12.1 Å². The number of rotatable bonds is 6. The molecule has 5 nitrogen and oxygen atoms in total. The largest absolute Gasteiger partial charge is 0.493 e. The summed E-state index contributed by atoms with van der Waals surface area (Å²) in [6, 6.07) is 6.47. The fourth-order valence-corrected chi connectivity index (χ4v) is 3.05. The lowest BCUT2D eigenvalue weighted by Crippen LogP contribution is -2.48. The first kappa shape index (κ1) is 16.1. The number of hydrogen-bond acceptors (Lipinski definition) is 5. The average Bonchev–Trinajstić information content (AvgIpc) is 2.55. The summed E-state index contributed by atoms with van der Waals surface area (Å²) in [6.45, 7) is 5.13. The van der Waals surface area contributed by atoms with E-state index in [4.69, 9.17) is 19.9 Å². The lowest BCUT2D eigenvalue weighted by molar-refractivity contribution is -0.0295. The molecule has 1 fully saturated rings. The van der Waals surface area contributed by atoms with E-state index in [9.17, 15) is 0 Å². The third kappa shape index (κ3) is 3.31. The Hall–Kier alpha value is -1.30. The first-order chi connectivity index (χ1) is 10.3. The van der Waals surface area contributed by atoms with Crippen molar-refractivity contribution in [1.29, 1.82) is 0 Å². The standard InChI is InChI=1S/C16H26N2O3/c1-4-12-11-21-9-8-18(12)14(10-17)13-6-5-7-15(19-2)16(13)20-3/h5-7,12,14H,4,8-11,17H2,1-3H3. The minimum Gasteiger partial charge on any atom is -0.493 e. The summed E-state index contributed by atoms with van der Waals surface area (Å²) in [5, 5.41) is 0. The van der Waals surface area contributed by atoms with E-state index in [2.05, 4.69) is 17.9 Å². The highest BCUT2D eigenvalue weighted by Gasteiger charge is 2.30. The molecule has 0 aliphatic carbocycles. The van der Waals surface area contributed by atoms with Gasteiger partial charge >= 0.3 is 0 Å². The van der Waals surface area contributed by atoms with Crippen molar-refractivity contribution in [3.8, 4) is 11.5 Å². The number of ether oxygens (including phenoxy) is 3. The molecule has 1 saturated heterocycles. The zero-order valence-electron chi connectivity index (χ0n) is 13.2. The second-order valence-corrected chi connectivity index (χ2v) is 5.21. The molecule has 2 N–H and O–H groups in total. The molecule has 0 aromatic heterocycles. The monoisotopic (exact) mass is 294 g/mol. The predicted molar refractivity (Wildman–Crippen MR) is 82.9 cm³/mol. The number of nitrogens with zero attached hydrogens (tertiary/aromatic N) is 1. The van der Waals surface area contributed by atoms with Crippen molar-refractivity contribution in [2.24, 2.45) is 5.73 Å². The van der Waals surface area contributed by atoms with Gasteiger partial charge in [-0.2, -0.15) is 0 Å². The van der Waals surface area contributed by atoms with E-state index in [1.54, 1.807) is 14.2 Å². The molecular formula is C16H26N2O3. The molecule has 1 aliphatic heterocycles. The van der Waals surface area contributed by atoms with Crippen LogP contribution in [-0.2, 0) is 4.74 Å². The Kier molecular flexibility index (Phi) is 5.85. The summed E-state index contributed by atoms with van der Waals surface area (Å²) in [6.07, 6.45) is 1.04. The molecule has 0 bridgehead atoms. The van der Waals surface area contributed by atoms with E-state index in [0.29, 0.717) is 12.6 Å². The summed E-state index contributed by atoms with van der Waals surface area (Å²) in [4.78, 5) is 2.43. The summed E-state index contributed by atoms with van der Waals surface area (Å²) in [5.74, 6) is 1.52. The van der Waals surface area contributed by atoms with Crippen LogP contribution in [0.1, 0.15) is 24.9 Å². The van der Waals surface area contributed by atoms with Gasteiger partial charge in [-0.05, 0) is 12.5 Å². The average molecular weight is 294 g/mol. The maximum atomic E-state index is 6.09. The molecule has 2 rings (SSSR count). The van der Waals surface area contributed by atoms with Gasteiger partial charge in [-0.15, -0.1) is 0 Å². The van der Waals surface area contributed by atoms with Crippen LogP contribution in [0.25, 0.3) is 0 Å². The molecule has 2 unspecified atom stereocenters. The molecule has 21 heavy (non-hydrogen) atoms. The van der Waals surface area contributed by atoms with Crippen LogP contribution >= 0.6 is 0 Å². The lowest BCUT2D eigenvalue weighted by Gasteiger charge is -2.41. The van der Waals surface area contributed by atoms with Crippen LogP contribution in [0, 0.1) is 0 Å². The second kappa shape index (κ2) is 7.64. The van der Waals surface area contributed by atoms with Crippen molar-refractivity contribution in [3.63, 3.8) is 0 Å². The summed E-state index contributed by atoms with van der Waals surface area (Å²) in [5.41, 5.74) is 7.17. The van der Waals surface area contributed by atoms with E-state index in [-0.39, 0.29) is 6.04 Å². The molecular weight excluding hydrogens is 268 g/mol. The third-order valence-electron chi connectivity index (χ3n) is 4.16. The SMILES string of the molecule is CCC1COCCN1C(CN)c1cccc(OC)c1OC. The fourth-order valence-electron chi connectivity index (χ4n) is 3.05. The van der Waals surface area contributed by atoms with Crippen molar-refractivity contribution in [2.75, 3.05) is 40.5 Å². The van der Waals surface area contributed by atoms with Crippen LogP contribution in [0.4, 0.5) is 0 Å². The normalized spacial score (nSPS) is 21.0. The minimum atomic E-state index is 0.115. The first-order valence-corrected chi connectivity index (χ1v) is 7.51. The first-order valence-electron chi connectivity index (χ1n) is 7.51. The number of morpholine rings is 1. The van der Waals surface area contributed by atoms with Crippen LogP contribution < -0.4 is 15.2 Å². The van der Waals surface area contributed by atoms with Crippen LogP contribution in [-0.4, -0.2) is 51.5 Å². The van der Waals surface area contributed by atoms with Crippen LogP contribution in [0.15, 0.2) is 18.2 Å². The minimum absolute atomic E-state index is 0.115. The van der Waals surface area contributed by atoms with Crippen molar-refractivity contribution in [1.82, 2.24) is 4.90 Å². The van der Waals surface area contributed by atoms with Crippen LogP contribution in [0.2, 0.25) is 0 Å². The Labute approximate surface area is 127 Å². The summed E-state index contributed by atoms with van der Waals surface area (Å²) < 4.78 is 16.6. The smallest absolute Gasteiger partial charge is 0.165 e. The van der Waals surface area contributed by atoms with E-state index >= 15 is 0 Å². The van der Waals surface area contributed by atoms with Gasteiger partial charge in [0.25, 0.3) is 0 Å². The van der Waals surface area contributed by atoms with Crippen LogP contribution in [0.5, 0.6) is 11.5 Å². The zero-order valence-corrected chi connectivity index (χ0v) is 13.2. The van der Waals surface area contributed by atoms with Gasteiger partial charge < -0.3 is 19.9 Å². The van der Waals surface area contributed by atoms with Gasteiger partial charge in [0, 0.05) is 24.7 Å². The molecule has 118 valence electrons. The van der Waals surface area contributed by atoms with Gasteiger partial charge in [0.05, 0.1) is 33.5 Å². The summed E-state index contributed by atoms with van der Waals surface area (Å²) >= 11 is 0. The number of methoxy groups -OCH3 is 2. The predicted octanol–water partition coefficient (Wildman–Crippen LogP) is 1.81. The maximum absolute atomic E-state index is 6.09. The van der Waals surface area contributed by atoms with Gasteiger partial charge in [-0.1, -0.05) is 19.1 Å². The van der Waals surface area contributed by atoms with Crippen molar-refractivity contribution >= 4 is 0 Å². The molecule has 5 heteroatoms. The van der Waals surface area contributed by atoms with Crippen molar-refractivity contribution < 1.29 is 14.2 Å². The van der Waals surface area contributed by atoms with Crippen molar-refractivity contribution in [2.45, 2.75) is 25.4 Å². The molecule has 1 heterocycles. The highest BCUT2D eigenvalue weighted by atomic mass is 16.5. The highest BCUT2D eigenvalue weighted by molar-refractivity contribution is 5.48. The molecule has 1 aromatic carbocycles. The van der Waals surface area contributed by atoms with Gasteiger partial charge in [0.2, 0.25) is 0 Å². The second-order valence-electron chi connectivity index (χ2n) is 5.21. The van der Waals surface area contributed by atoms with Gasteiger partial charge in [-0.25, -0.2) is 0 Å². The van der Waals surface area contributed by atoms with E-state index in [0.717, 1.165) is 43.2 Å². The Morgan fingerprint density at radius 2 is 2.19 bits per heavy atom. The fraction of sp³-hybridized carbons (Fsp3) is 0.625. The Bertz CT molecular complexity index is 453. The zero-order chi connectivity index (χ0) is 15.2. The number of nitrogens with two attached hydrogens (primary N) is 1. The molecule has 0 spiro atoms. The number of para-hydroxylation sites is 1. The quantitative estimate of drug-likeness (QED) is 0.867. The molecule has 0 saturated carbocycles. The molecule has 0 radical (unpaired) electrons. The van der Waals surface area contributed by atoms with Gasteiger partial charge in [0.15, 0.2) is 11.5 Å². The van der Waals surface area contributed by atoms with Crippen molar-refractivity contribution in [3.05, 3.63) is 23.8 Å². The topological polar surface area (TPSA) is 57.0 Å². The van der Waals surface area contributed by atoms with Gasteiger partial charge in [0.1, 0.15) is 0 Å². The molecule has 2 atom stereocenters.